The number of nitrogens with one attached hydrogen (secondary N) is 1. The van der Waals surface area contributed by atoms with Crippen LogP contribution in [0.25, 0.3) is 11.0 Å². The van der Waals surface area contributed by atoms with Crippen LogP contribution in [0.5, 0.6) is 0 Å². The number of benzene rings is 1. The van der Waals surface area contributed by atoms with Gasteiger partial charge >= 0.3 is 11.9 Å². The summed E-state index contributed by atoms with van der Waals surface area (Å²) in [5.74, 6) is -1.82. The Hall–Kier alpha value is -2.63. The van der Waals surface area contributed by atoms with Crippen molar-refractivity contribution in [2.45, 2.75) is 13.8 Å². The fourth-order valence-electron chi connectivity index (χ4n) is 1.76. The molecule has 104 valence electrons. The van der Waals surface area contributed by atoms with Crippen LogP contribution in [-0.4, -0.2) is 18.5 Å². The summed E-state index contributed by atoms with van der Waals surface area (Å²) in [6.07, 6.45) is 0. The maximum atomic E-state index is 12.2. The lowest BCUT2D eigenvalue weighted by Crippen LogP contribution is -2.28. The monoisotopic (exact) mass is 275 g/mol. The van der Waals surface area contributed by atoms with E-state index < -0.39 is 17.3 Å². The van der Waals surface area contributed by atoms with Crippen LogP contribution in [0.15, 0.2) is 33.5 Å². The molecule has 0 fully saturated rings. The molecule has 1 aromatic heterocycles. The normalized spacial score (nSPS) is 10.3. The van der Waals surface area contributed by atoms with Crippen LogP contribution in [-0.2, 0) is 14.3 Å². The summed E-state index contributed by atoms with van der Waals surface area (Å²) >= 11 is 0. The molecule has 0 saturated carbocycles. The zero-order valence-electron chi connectivity index (χ0n) is 11.1. The first-order chi connectivity index (χ1) is 9.54. The minimum atomic E-state index is -1.04. The number of aryl methyl sites for hydroxylation is 1. The molecular weight excluding hydrogens is 262 g/mol. The molecule has 0 bridgehead atoms. The molecule has 0 unspecified atom stereocenters. The zero-order valence-corrected chi connectivity index (χ0v) is 11.1. The molecule has 0 aliphatic heterocycles. The fraction of sp³-hybridized carbons (Fsp3) is 0.214. The van der Waals surface area contributed by atoms with Crippen molar-refractivity contribution in [1.29, 1.82) is 0 Å². The number of amides is 1. The molecule has 1 heterocycles. The molecule has 20 heavy (non-hydrogen) atoms. The molecule has 2 rings (SSSR count). The van der Waals surface area contributed by atoms with Gasteiger partial charge in [0.2, 0.25) is 5.43 Å². The number of anilines is 1. The summed E-state index contributed by atoms with van der Waals surface area (Å²) in [6, 6.07) is 6.66. The molecule has 0 atom stereocenters. The first-order valence-electron chi connectivity index (χ1n) is 6.05. The van der Waals surface area contributed by atoms with Gasteiger partial charge in [0.15, 0.2) is 0 Å². The Labute approximate surface area is 114 Å². The molecule has 0 aliphatic rings. The van der Waals surface area contributed by atoms with Gasteiger partial charge in [0.05, 0.1) is 12.0 Å². The van der Waals surface area contributed by atoms with Crippen LogP contribution in [0.1, 0.15) is 12.7 Å². The summed E-state index contributed by atoms with van der Waals surface area (Å²) in [5.41, 5.74) is -0.0344. The Morgan fingerprint density at radius 3 is 2.70 bits per heavy atom. The molecule has 0 radical (unpaired) electrons. The minimum absolute atomic E-state index is 0.0539. The number of carbonyl (C=O) groups is 2. The van der Waals surface area contributed by atoms with E-state index in [1.807, 2.05) is 0 Å². The molecule has 0 saturated heterocycles. The molecule has 1 N–H and O–H groups in total. The van der Waals surface area contributed by atoms with Gasteiger partial charge in [-0.05, 0) is 26.0 Å². The van der Waals surface area contributed by atoms with Crippen molar-refractivity contribution in [1.82, 2.24) is 0 Å². The minimum Gasteiger partial charge on any atom is -0.459 e. The maximum absolute atomic E-state index is 12.2. The highest BCUT2D eigenvalue weighted by Gasteiger charge is 2.19. The molecule has 1 amide bonds. The van der Waals surface area contributed by atoms with E-state index in [2.05, 4.69) is 10.1 Å². The number of fused-ring (bicyclic) bond motifs is 1. The van der Waals surface area contributed by atoms with Crippen LogP contribution in [0.3, 0.4) is 0 Å². The van der Waals surface area contributed by atoms with Crippen LogP contribution < -0.4 is 10.7 Å². The third-order valence-corrected chi connectivity index (χ3v) is 2.67. The van der Waals surface area contributed by atoms with E-state index in [1.165, 1.54) is 6.92 Å². The van der Waals surface area contributed by atoms with E-state index in [9.17, 15) is 14.4 Å². The van der Waals surface area contributed by atoms with Gasteiger partial charge in [-0.15, -0.1) is 0 Å². The number of rotatable bonds is 2. The first-order valence-corrected chi connectivity index (χ1v) is 6.05. The number of hydrogen-bond donors (Lipinski definition) is 1. The predicted molar refractivity (Wildman–Crippen MR) is 72.5 cm³/mol. The number of ether oxygens (including phenoxy) is 1. The Morgan fingerprint density at radius 1 is 1.30 bits per heavy atom. The SMILES string of the molecule is CCOC(=O)C(=O)Nc1c(C)oc2ccccc2c1=O. The van der Waals surface area contributed by atoms with Crippen molar-refractivity contribution in [3.05, 3.63) is 40.2 Å². The van der Waals surface area contributed by atoms with E-state index in [0.29, 0.717) is 11.0 Å². The number of para-hydroxylation sites is 1. The van der Waals surface area contributed by atoms with E-state index in [-0.39, 0.29) is 18.1 Å². The van der Waals surface area contributed by atoms with Gasteiger partial charge in [-0.3, -0.25) is 9.59 Å². The first kappa shape index (κ1) is 13.8. The second kappa shape index (κ2) is 5.56. The van der Waals surface area contributed by atoms with E-state index in [1.54, 1.807) is 31.2 Å². The molecule has 2 aromatic rings. The van der Waals surface area contributed by atoms with E-state index >= 15 is 0 Å². The van der Waals surface area contributed by atoms with Crippen LogP contribution >= 0.6 is 0 Å². The topological polar surface area (TPSA) is 85.6 Å². The lowest BCUT2D eigenvalue weighted by atomic mass is 10.2. The van der Waals surface area contributed by atoms with Crippen molar-refractivity contribution < 1.29 is 18.7 Å². The van der Waals surface area contributed by atoms with Gasteiger partial charge < -0.3 is 14.5 Å². The van der Waals surface area contributed by atoms with Gasteiger partial charge in [0.1, 0.15) is 17.0 Å². The van der Waals surface area contributed by atoms with Crippen molar-refractivity contribution >= 4 is 28.5 Å². The Bertz CT molecular complexity index is 732. The smallest absolute Gasteiger partial charge is 0.397 e. The predicted octanol–water partition coefficient (Wildman–Crippen LogP) is 1.60. The second-order valence-corrected chi connectivity index (χ2v) is 4.03. The summed E-state index contributed by atoms with van der Waals surface area (Å²) in [5, 5.41) is 2.57. The van der Waals surface area contributed by atoms with Crippen LogP contribution in [0.2, 0.25) is 0 Å². The average Bonchev–Trinajstić information content (AvgIpc) is 2.43. The lowest BCUT2D eigenvalue weighted by Gasteiger charge is -2.07. The largest absolute Gasteiger partial charge is 0.459 e. The van der Waals surface area contributed by atoms with Gasteiger partial charge in [-0.25, -0.2) is 4.79 Å². The number of esters is 1. The highest BCUT2D eigenvalue weighted by Crippen LogP contribution is 2.17. The second-order valence-electron chi connectivity index (χ2n) is 4.03. The van der Waals surface area contributed by atoms with E-state index in [0.717, 1.165) is 0 Å². The molecular formula is C14H13NO5. The highest BCUT2D eigenvalue weighted by molar-refractivity contribution is 6.37. The molecule has 0 aliphatic carbocycles. The average molecular weight is 275 g/mol. The van der Waals surface area contributed by atoms with Crippen LogP contribution in [0, 0.1) is 6.92 Å². The Morgan fingerprint density at radius 2 is 2.00 bits per heavy atom. The van der Waals surface area contributed by atoms with Gasteiger partial charge in [0, 0.05) is 0 Å². The van der Waals surface area contributed by atoms with Gasteiger partial charge in [-0.2, -0.15) is 0 Å². The van der Waals surface area contributed by atoms with Crippen molar-refractivity contribution in [3.63, 3.8) is 0 Å². The van der Waals surface area contributed by atoms with Crippen molar-refractivity contribution in [2.24, 2.45) is 0 Å². The lowest BCUT2D eigenvalue weighted by molar-refractivity contribution is -0.152. The number of hydrogen-bond acceptors (Lipinski definition) is 5. The molecule has 6 nitrogen and oxygen atoms in total. The van der Waals surface area contributed by atoms with E-state index in [4.69, 9.17) is 4.42 Å². The van der Waals surface area contributed by atoms with Crippen molar-refractivity contribution in [3.8, 4) is 0 Å². The third-order valence-electron chi connectivity index (χ3n) is 2.67. The zero-order chi connectivity index (χ0) is 14.7. The summed E-state index contributed by atoms with van der Waals surface area (Å²) in [6.45, 7) is 3.20. The standard InChI is InChI=1S/C14H13NO5/c1-3-19-14(18)13(17)15-11-8(2)20-10-7-5-4-6-9(10)12(11)16/h4-7H,3H2,1-2H3,(H,15,17). The summed E-state index contributed by atoms with van der Waals surface area (Å²) in [4.78, 5) is 35.1. The van der Waals surface area contributed by atoms with Gasteiger partial charge in [-0.1, -0.05) is 12.1 Å². The molecule has 0 spiro atoms. The quantitative estimate of drug-likeness (QED) is 0.664. The molecule has 6 heteroatoms. The highest BCUT2D eigenvalue weighted by atomic mass is 16.5. The summed E-state index contributed by atoms with van der Waals surface area (Å²) in [7, 11) is 0. The number of carbonyl (C=O) groups excluding carboxylic acids is 2. The van der Waals surface area contributed by atoms with Gasteiger partial charge in [0.25, 0.3) is 0 Å². The molecule has 1 aromatic carbocycles. The summed E-state index contributed by atoms with van der Waals surface area (Å²) < 4.78 is 10.0. The Kier molecular flexibility index (Phi) is 3.84. The Balaban J connectivity index is 2.42. The third kappa shape index (κ3) is 2.54. The van der Waals surface area contributed by atoms with Crippen molar-refractivity contribution in [2.75, 3.05) is 11.9 Å². The maximum Gasteiger partial charge on any atom is 0.397 e. The fourth-order valence-corrected chi connectivity index (χ4v) is 1.76. The van der Waals surface area contributed by atoms with Crippen LogP contribution in [0.4, 0.5) is 5.69 Å².